The Labute approximate surface area is 135 Å². The van der Waals surface area contributed by atoms with E-state index in [4.69, 9.17) is 5.73 Å². The molecule has 0 unspecified atom stereocenters. The Kier molecular flexibility index (Phi) is 3.13. The van der Waals surface area contributed by atoms with Gasteiger partial charge in [0, 0.05) is 29.1 Å². The zero-order valence-corrected chi connectivity index (χ0v) is 12.4. The molecule has 0 saturated carbocycles. The van der Waals surface area contributed by atoms with Crippen molar-refractivity contribution < 1.29 is 9.18 Å². The summed E-state index contributed by atoms with van der Waals surface area (Å²) in [6, 6.07) is 9.78. The van der Waals surface area contributed by atoms with E-state index in [0.717, 1.165) is 16.7 Å². The third kappa shape index (κ3) is 2.23. The quantitative estimate of drug-likeness (QED) is 0.608. The maximum Gasteiger partial charge on any atom is 0.267 e. The van der Waals surface area contributed by atoms with Gasteiger partial charge in [-0.05, 0) is 36.4 Å². The predicted octanol–water partition coefficient (Wildman–Crippen LogP) is 2.63. The summed E-state index contributed by atoms with van der Waals surface area (Å²) >= 11 is 0. The molecule has 6 nitrogen and oxygen atoms in total. The summed E-state index contributed by atoms with van der Waals surface area (Å²) < 4.78 is 14.8. The highest BCUT2D eigenvalue weighted by Gasteiger charge is 2.14. The Morgan fingerprint density at radius 3 is 2.62 bits per heavy atom. The van der Waals surface area contributed by atoms with Crippen molar-refractivity contribution in [3.63, 3.8) is 0 Å². The van der Waals surface area contributed by atoms with E-state index >= 15 is 0 Å². The van der Waals surface area contributed by atoms with Crippen LogP contribution in [-0.4, -0.2) is 25.5 Å². The smallest absolute Gasteiger partial charge is 0.267 e. The van der Waals surface area contributed by atoms with Crippen LogP contribution in [0.5, 0.6) is 0 Å². The molecule has 0 atom stereocenters. The first-order valence-corrected chi connectivity index (χ1v) is 7.20. The molecule has 3 heterocycles. The number of hydrogen-bond donors (Lipinski definition) is 2. The van der Waals surface area contributed by atoms with Gasteiger partial charge in [0.25, 0.3) is 5.91 Å². The number of nitrogens with two attached hydrogens (primary N) is 1. The molecular weight excluding hydrogens is 309 g/mol. The Hall–Kier alpha value is -3.48. The Morgan fingerprint density at radius 2 is 1.88 bits per heavy atom. The zero-order valence-electron chi connectivity index (χ0n) is 12.4. The summed E-state index contributed by atoms with van der Waals surface area (Å²) in [5.41, 5.74) is 9.43. The van der Waals surface area contributed by atoms with Crippen LogP contribution in [0.15, 0.2) is 55.0 Å². The molecule has 0 bridgehead atoms. The molecule has 0 saturated heterocycles. The molecular formula is C17H12FN5O. The van der Waals surface area contributed by atoms with Gasteiger partial charge in [-0.1, -0.05) is 0 Å². The monoisotopic (exact) mass is 321 g/mol. The lowest BCUT2D eigenvalue weighted by Gasteiger charge is -2.05. The van der Waals surface area contributed by atoms with E-state index in [1.807, 2.05) is 6.07 Å². The van der Waals surface area contributed by atoms with Crippen LogP contribution in [0.4, 0.5) is 4.39 Å². The van der Waals surface area contributed by atoms with E-state index in [2.05, 4.69) is 15.2 Å². The van der Waals surface area contributed by atoms with Crippen molar-refractivity contribution >= 4 is 11.6 Å². The molecule has 4 aromatic rings. The van der Waals surface area contributed by atoms with Crippen LogP contribution in [0, 0.1) is 5.82 Å². The van der Waals surface area contributed by atoms with Crippen molar-refractivity contribution in [2.24, 2.45) is 5.73 Å². The Balaban J connectivity index is 1.87. The summed E-state index contributed by atoms with van der Waals surface area (Å²) in [7, 11) is 0. The summed E-state index contributed by atoms with van der Waals surface area (Å²) in [5.74, 6) is -0.854. The lowest BCUT2D eigenvalue weighted by Crippen LogP contribution is -2.13. The van der Waals surface area contributed by atoms with Gasteiger partial charge in [-0.3, -0.25) is 14.3 Å². The van der Waals surface area contributed by atoms with Gasteiger partial charge >= 0.3 is 0 Å². The SMILES string of the molecule is NC(=O)c1cnc2ccc(-c3c[nH]nc3-c3ccc(F)cc3)cn12. The van der Waals surface area contributed by atoms with Crippen LogP contribution < -0.4 is 5.73 Å². The number of carbonyl (C=O) groups excluding carboxylic acids is 1. The molecule has 0 aliphatic rings. The molecule has 0 radical (unpaired) electrons. The van der Waals surface area contributed by atoms with E-state index in [0.29, 0.717) is 17.0 Å². The number of halogens is 1. The van der Waals surface area contributed by atoms with E-state index in [1.54, 1.807) is 35.0 Å². The maximum atomic E-state index is 13.1. The van der Waals surface area contributed by atoms with E-state index in [9.17, 15) is 9.18 Å². The number of imidazole rings is 1. The van der Waals surface area contributed by atoms with E-state index < -0.39 is 5.91 Å². The number of amides is 1. The number of hydrogen-bond acceptors (Lipinski definition) is 3. The van der Waals surface area contributed by atoms with E-state index in [1.165, 1.54) is 18.3 Å². The lowest BCUT2D eigenvalue weighted by atomic mass is 10.0. The van der Waals surface area contributed by atoms with Crippen LogP contribution in [0.3, 0.4) is 0 Å². The third-order valence-electron chi connectivity index (χ3n) is 3.83. The summed E-state index contributed by atoms with van der Waals surface area (Å²) in [6.45, 7) is 0. The number of H-pyrrole nitrogens is 1. The number of rotatable bonds is 3. The zero-order chi connectivity index (χ0) is 16.7. The van der Waals surface area contributed by atoms with Crippen LogP contribution in [0.1, 0.15) is 10.5 Å². The number of benzene rings is 1. The van der Waals surface area contributed by atoms with Crippen LogP contribution in [-0.2, 0) is 0 Å². The second-order valence-corrected chi connectivity index (χ2v) is 5.31. The predicted molar refractivity (Wildman–Crippen MR) is 86.7 cm³/mol. The maximum absolute atomic E-state index is 13.1. The Bertz CT molecular complexity index is 1050. The number of primary amides is 1. The minimum absolute atomic E-state index is 0.304. The molecule has 118 valence electrons. The van der Waals surface area contributed by atoms with Crippen LogP contribution in [0.25, 0.3) is 28.0 Å². The fourth-order valence-corrected chi connectivity index (χ4v) is 2.66. The lowest BCUT2D eigenvalue weighted by molar-refractivity contribution is 0.0995. The van der Waals surface area contributed by atoms with Crippen molar-refractivity contribution in [1.29, 1.82) is 0 Å². The molecule has 1 aromatic carbocycles. The highest BCUT2D eigenvalue weighted by Crippen LogP contribution is 2.30. The average Bonchev–Trinajstić information content (AvgIpc) is 3.21. The van der Waals surface area contributed by atoms with Gasteiger partial charge in [0.05, 0.1) is 11.9 Å². The number of pyridine rings is 1. The molecule has 24 heavy (non-hydrogen) atoms. The Morgan fingerprint density at radius 1 is 1.12 bits per heavy atom. The first kappa shape index (κ1) is 14.1. The van der Waals surface area contributed by atoms with E-state index in [-0.39, 0.29) is 5.82 Å². The summed E-state index contributed by atoms with van der Waals surface area (Å²) in [5, 5.41) is 7.08. The van der Waals surface area contributed by atoms with Crippen molar-refractivity contribution in [2.45, 2.75) is 0 Å². The minimum Gasteiger partial charge on any atom is -0.364 e. The van der Waals surface area contributed by atoms with Crippen LogP contribution in [0.2, 0.25) is 0 Å². The van der Waals surface area contributed by atoms with Crippen molar-refractivity contribution in [3.8, 4) is 22.4 Å². The highest BCUT2D eigenvalue weighted by molar-refractivity contribution is 5.92. The first-order valence-electron chi connectivity index (χ1n) is 7.20. The topological polar surface area (TPSA) is 89.1 Å². The molecule has 4 rings (SSSR count). The number of aromatic amines is 1. The molecule has 3 N–H and O–H groups in total. The fourth-order valence-electron chi connectivity index (χ4n) is 2.66. The minimum atomic E-state index is -0.550. The van der Waals surface area contributed by atoms with Gasteiger partial charge < -0.3 is 5.73 Å². The van der Waals surface area contributed by atoms with Gasteiger partial charge in [-0.25, -0.2) is 9.37 Å². The normalized spacial score (nSPS) is 11.0. The highest BCUT2D eigenvalue weighted by atomic mass is 19.1. The van der Waals surface area contributed by atoms with Gasteiger partial charge in [0.15, 0.2) is 0 Å². The van der Waals surface area contributed by atoms with Crippen molar-refractivity contribution in [3.05, 3.63) is 66.5 Å². The van der Waals surface area contributed by atoms with Gasteiger partial charge in [-0.15, -0.1) is 0 Å². The van der Waals surface area contributed by atoms with Crippen molar-refractivity contribution in [2.75, 3.05) is 0 Å². The summed E-state index contributed by atoms with van der Waals surface area (Å²) in [4.78, 5) is 15.7. The standard InChI is InChI=1S/C17H12FN5O/c18-12-4-1-10(2-5-12)16-13(7-21-22-16)11-3-6-15-20-8-14(17(19)24)23(15)9-11/h1-9H,(H2,19,24)(H,21,22). The largest absolute Gasteiger partial charge is 0.364 e. The average molecular weight is 321 g/mol. The first-order chi connectivity index (χ1) is 11.6. The van der Waals surface area contributed by atoms with Gasteiger partial charge in [0.2, 0.25) is 0 Å². The van der Waals surface area contributed by atoms with Gasteiger partial charge in [-0.2, -0.15) is 5.10 Å². The molecule has 1 amide bonds. The van der Waals surface area contributed by atoms with Gasteiger partial charge in [0.1, 0.15) is 17.2 Å². The molecule has 0 aliphatic heterocycles. The molecule has 3 aromatic heterocycles. The number of nitrogens with zero attached hydrogens (tertiary/aromatic N) is 3. The number of nitrogens with one attached hydrogen (secondary N) is 1. The second kappa shape index (κ2) is 5.31. The fraction of sp³-hybridized carbons (Fsp3) is 0. The molecule has 0 fully saturated rings. The molecule has 0 aliphatic carbocycles. The van der Waals surface area contributed by atoms with Crippen LogP contribution >= 0.6 is 0 Å². The number of aromatic nitrogens is 4. The summed E-state index contributed by atoms with van der Waals surface area (Å²) in [6.07, 6.45) is 4.97. The van der Waals surface area contributed by atoms with Crippen molar-refractivity contribution in [1.82, 2.24) is 19.6 Å². The second-order valence-electron chi connectivity index (χ2n) is 5.31. The number of carbonyl (C=O) groups is 1. The third-order valence-corrected chi connectivity index (χ3v) is 3.83. The molecule has 0 spiro atoms. The number of fused-ring (bicyclic) bond motifs is 1. The molecule has 7 heteroatoms.